The Morgan fingerprint density at radius 1 is 1.14 bits per heavy atom. The van der Waals surface area contributed by atoms with Crippen molar-refractivity contribution in [2.75, 3.05) is 19.6 Å². The highest BCUT2D eigenvalue weighted by Gasteiger charge is 2.34. The van der Waals surface area contributed by atoms with Crippen molar-refractivity contribution in [1.29, 1.82) is 0 Å². The molecule has 3 N–H and O–H groups in total. The van der Waals surface area contributed by atoms with Gasteiger partial charge >= 0.3 is 0 Å². The Bertz CT molecular complexity index is 709. The van der Waals surface area contributed by atoms with E-state index in [2.05, 4.69) is 21.7 Å². The van der Waals surface area contributed by atoms with Crippen LogP contribution in [0.15, 0.2) is 30.5 Å². The molecule has 4 nitrogen and oxygen atoms in total. The quantitative estimate of drug-likeness (QED) is 0.757. The van der Waals surface area contributed by atoms with Crippen molar-refractivity contribution in [3.63, 3.8) is 0 Å². The average Bonchev–Trinajstić information content (AvgIpc) is 3.10. The third kappa shape index (κ3) is 2.06. The summed E-state index contributed by atoms with van der Waals surface area (Å²) in [5.41, 5.74) is 3.72. The number of hydrogen-bond donors (Lipinski definition) is 3. The highest BCUT2D eigenvalue weighted by Crippen LogP contribution is 2.35. The number of hydrogen-bond acceptors (Lipinski definition) is 2. The second kappa shape index (κ2) is 4.90. The molecule has 5 heteroatoms. The standard InChI is InChI=1S/C16H16ClN3O/c17-14-3-4-19-15(14)9-1-2-11-12(5-9)16(21)20-7-10-6-18-8-13(10)11/h1-5,10,13,18-19H,6-8H2,(H,20,21)/t10-,13+/m1/s1. The molecular formula is C16H16ClN3O. The number of nitrogens with one attached hydrogen (secondary N) is 3. The zero-order valence-corrected chi connectivity index (χ0v) is 12.2. The summed E-state index contributed by atoms with van der Waals surface area (Å²) in [6.07, 6.45) is 1.81. The lowest BCUT2D eigenvalue weighted by atomic mass is 9.86. The summed E-state index contributed by atoms with van der Waals surface area (Å²) in [7, 11) is 0. The van der Waals surface area contributed by atoms with Crippen LogP contribution in [0.3, 0.4) is 0 Å². The number of rotatable bonds is 1. The lowest BCUT2D eigenvalue weighted by molar-refractivity contribution is 0.0952. The Morgan fingerprint density at radius 2 is 2.05 bits per heavy atom. The van der Waals surface area contributed by atoms with Crippen molar-refractivity contribution >= 4 is 17.5 Å². The van der Waals surface area contributed by atoms with Crippen LogP contribution >= 0.6 is 11.6 Å². The predicted molar refractivity (Wildman–Crippen MR) is 82.7 cm³/mol. The zero-order valence-electron chi connectivity index (χ0n) is 11.4. The molecule has 1 fully saturated rings. The van der Waals surface area contributed by atoms with Gasteiger partial charge in [-0.25, -0.2) is 0 Å². The molecule has 4 rings (SSSR count). The van der Waals surface area contributed by atoms with Crippen LogP contribution in [0.4, 0.5) is 0 Å². The van der Waals surface area contributed by atoms with Gasteiger partial charge in [0.2, 0.25) is 0 Å². The number of aromatic amines is 1. The summed E-state index contributed by atoms with van der Waals surface area (Å²) in [6.45, 7) is 2.65. The van der Waals surface area contributed by atoms with Crippen molar-refractivity contribution in [2.45, 2.75) is 5.92 Å². The Balaban J connectivity index is 1.83. The minimum atomic E-state index is 0.0175. The van der Waals surface area contributed by atoms with Gasteiger partial charge in [0.1, 0.15) is 0 Å². The van der Waals surface area contributed by atoms with E-state index in [4.69, 9.17) is 11.6 Å². The molecule has 1 aromatic heterocycles. The van der Waals surface area contributed by atoms with Crippen LogP contribution in [0.2, 0.25) is 5.02 Å². The van der Waals surface area contributed by atoms with E-state index in [0.29, 0.717) is 16.9 Å². The summed E-state index contributed by atoms with van der Waals surface area (Å²) in [5, 5.41) is 7.13. The minimum absolute atomic E-state index is 0.0175. The summed E-state index contributed by atoms with van der Waals surface area (Å²) >= 11 is 6.17. The Hall–Kier alpha value is -1.78. The van der Waals surface area contributed by atoms with Crippen LogP contribution in [0.25, 0.3) is 11.3 Å². The largest absolute Gasteiger partial charge is 0.360 e. The maximum absolute atomic E-state index is 12.4. The van der Waals surface area contributed by atoms with E-state index in [1.807, 2.05) is 18.2 Å². The predicted octanol–water partition coefficient (Wildman–Crippen LogP) is 2.38. The fourth-order valence-corrected chi connectivity index (χ4v) is 3.66. The number of benzene rings is 1. The topological polar surface area (TPSA) is 56.9 Å². The van der Waals surface area contributed by atoms with Gasteiger partial charge in [0, 0.05) is 42.9 Å². The molecule has 1 aromatic carbocycles. The number of carbonyl (C=O) groups is 1. The Morgan fingerprint density at radius 3 is 2.86 bits per heavy atom. The number of fused-ring (bicyclic) bond motifs is 3. The summed E-state index contributed by atoms with van der Waals surface area (Å²) < 4.78 is 0. The van der Waals surface area contributed by atoms with Gasteiger partial charge in [0.25, 0.3) is 5.91 Å². The second-order valence-corrected chi connectivity index (χ2v) is 6.14. The van der Waals surface area contributed by atoms with Gasteiger partial charge in [-0.15, -0.1) is 0 Å². The number of aromatic nitrogens is 1. The minimum Gasteiger partial charge on any atom is -0.360 e. The van der Waals surface area contributed by atoms with Crippen LogP contribution in [0.1, 0.15) is 21.8 Å². The first-order valence-corrected chi connectivity index (χ1v) is 7.58. The lowest BCUT2D eigenvalue weighted by Crippen LogP contribution is -2.28. The molecular weight excluding hydrogens is 286 g/mol. The van der Waals surface area contributed by atoms with Gasteiger partial charge in [-0.05, 0) is 23.6 Å². The van der Waals surface area contributed by atoms with Crippen molar-refractivity contribution < 1.29 is 4.79 Å². The molecule has 1 saturated heterocycles. The van der Waals surface area contributed by atoms with Crippen LogP contribution in [0, 0.1) is 5.92 Å². The summed E-state index contributed by atoms with van der Waals surface area (Å²) in [5.74, 6) is 0.908. The molecule has 2 aromatic rings. The van der Waals surface area contributed by atoms with Crippen LogP contribution < -0.4 is 10.6 Å². The van der Waals surface area contributed by atoms with Crippen LogP contribution in [-0.4, -0.2) is 30.5 Å². The third-order valence-corrected chi connectivity index (χ3v) is 4.86. The maximum atomic E-state index is 12.4. The van der Waals surface area contributed by atoms with Gasteiger partial charge in [0.05, 0.1) is 10.7 Å². The van der Waals surface area contributed by atoms with Gasteiger partial charge < -0.3 is 15.6 Å². The number of H-pyrrole nitrogens is 1. The van der Waals surface area contributed by atoms with Gasteiger partial charge in [0.15, 0.2) is 0 Å². The molecule has 0 saturated carbocycles. The number of amides is 1. The van der Waals surface area contributed by atoms with E-state index in [0.717, 1.165) is 42.0 Å². The average molecular weight is 302 g/mol. The smallest absolute Gasteiger partial charge is 0.251 e. The summed E-state index contributed by atoms with van der Waals surface area (Å²) in [4.78, 5) is 15.5. The van der Waals surface area contributed by atoms with Crippen molar-refractivity contribution in [3.8, 4) is 11.3 Å². The molecule has 21 heavy (non-hydrogen) atoms. The molecule has 0 radical (unpaired) electrons. The lowest BCUT2D eigenvalue weighted by Gasteiger charge is -2.16. The van der Waals surface area contributed by atoms with Gasteiger partial charge in [-0.2, -0.15) is 0 Å². The highest BCUT2D eigenvalue weighted by molar-refractivity contribution is 6.33. The molecule has 2 aliphatic heterocycles. The molecule has 3 heterocycles. The zero-order chi connectivity index (χ0) is 14.4. The fraction of sp³-hybridized carbons (Fsp3) is 0.312. The van der Waals surface area contributed by atoms with E-state index in [-0.39, 0.29) is 5.91 Å². The van der Waals surface area contributed by atoms with E-state index >= 15 is 0 Å². The van der Waals surface area contributed by atoms with Gasteiger partial charge in [-0.1, -0.05) is 23.7 Å². The van der Waals surface area contributed by atoms with Crippen molar-refractivity contribution in [3.05, 3.63) is 46.6 Å². The van der Waals surface area contributed by atoms with E-state index < -0.39 is 0 Å². The normalized spacial score (nSPS) is 24.1. The molecule has 0 unspecified atom stereocenters. The first-order valence-electron chi connectivity index (χ1n) is 7.20. The highest BCUT2D eigenvalue weighted by atomic mass is 35.5. The molecule has 2 aliphatic rings. The fourth-order valence-electron chi connectivity index (χ4n) is 3.43. The van der Waals surface area contributed by atoms with Gasteiger partial charge in [-0.3, -0.25) is 4.79 Å². The number of carbonyl (C=O) groups excluding carboxylic acids is 1. The third-order valence-electron chi connectivity index (χ3n) is 4.55. The summed E-state index contributed by atoms with van der Waals surface area (Å²) in [6, 6.07) is 7.89. The molecule has 1 amide bonds. The SMILES string of the molecule is O=C1NC[C@H]2CNC[C@@H]2c2ccc(-c3[nH]ccc3Cl)cc21. The number of halogens is 1. The Kier molecular flexibility index (Phi) is 3.01. The maximum Gasteiger partial charge on any atom is 0.251 e. The Labute approximate surface area is 127 Å². The van der Waals surface area contributed by atoms with E-state index in [1.165, 1.54) is 0 Å². The first kappa shape index (κ1) is 12.9. The molecule has 0 aliphatic carbocycles. The molecule has 0 bridgehead atoms. The first-order chi connectivity index (χ1) is 10.2. The molecule has 2 atom stereocenters. The second-order valence-electron chi connectivity index (χ2n) is 5.74. The van der Waals surface area contributed by atoms with Crippen molar-refractivity contribution in [1.82, 2.24) is 15.6 Å². The van der Waals surface area contributed by atoms with E-state index in [1.54, 1.807) is 6.20 Å². The molecule has 0 spiro atoms. The van der Waals surface area contributed by atoms with Crippen molar-refractivity contribution in [2.24, 2.45) is 5.92 Å². The van der Waals surface area contributed by atoms with Crippen LogP contribution in [-0.2, 0) is 0 Å². The van der Waals surface area contributed by atoms with Crippen LogP contribution in [0.5, 0.6) is 0 Å². The monoisotopic (exact) mass is 301 g/mol. The molecule has 108 valence electrons. The van der Waals surface area contributed by atoms with E-state index in [9.17, 15) is 4.79 Å².